The fourth-order valence-electron chi connectivity index (χ4n) is 3.69. The number of rotatable bonds is 8. The standard InChI is InChI=1S/C23H34N4O/c1-7-17(4)26(23(28)18-13-14-18)15-20-21(16(2)3)24-27(22(20)25(5)6)19-11-9-8-10-12-19/h8-12,16-18H,7,13-15H2,1-6H3/t17-/m1/s1. The second-order valence-electron chi connectivity index (χ2n) is 8.48. The van der Waals surface area contributed by atoms with Crippen molar-refractivity contribution in [3.63, 3.8) is 0 Å². The molecule has 0 spiro atoms. The normalized spacial score (nSPS) is 15.0. The van der Waals surface area contributed by atoms with Gasteiger partial charge in [0.15, 0.2) is 0 Å². The number of aromatic nitrogens is 2. The van der Waals surface area contributed by atoms with E-state index in [-0.39, 0.29) is 17.9 Å². The lowest BCUT2D eigenvalue weighted by molar-refractivity contribution is -0.135. The number of hydrogen-bond donors (Lipinski definition) is 0. The minimum Gasteiger partial charge on any atom is -0.362 e. The zero-order chi connectivity index (χ0) is 20.4. The highest BCUT2D eigenvalue weighted by atomic mass is 16.2. The van der Waals surface area contributed by atoms with Crippen LogP contribution in [0, 0.1) is 5.92 Å². The zero-order valence-electron chi connectivity index (χ0n) is 18.1. The molecular formula is C23H34N4O. The quantitative estimate of drug-likeness (QED) is 0.670. The van der Waals surface area contributed by atoms with Gasteiger partial charge in [0, 0.05) is 31.6 Å². The summed E-state index contributed by atoms with van der Waals surface area (Å²) < 4.78 is 2.03. The van der Waals surface area contributed by atoms with E-state index in [1.54, 1.807) is 0 Å². The predicted octanol–water partition coefficient (Wildman–Crippen LogP) is 4.60. The van der Waals surface area contributed by atoms with Gasteiger partial charge in [-0.05, 0) is 44.2 Å². The molecule has 1 fully saturated rings. The van der Waals surface area contributed by atoms with Gasteiger partial charge in [0.05, 0.1) is 17.9 Å². The molecular weight excluding hydrogens is 348 g/mol. The average molecular weight is 383 g/mol. The average Bonchev–Trinajstić information content (AvgIpc) is 3.45. The molecule has 1 saturated carbocycles. The minimum absolute atomic E-state index is 0.225. The van der Waals surface area contributed by atoms with Gasteiger partial charge in [0.2, 0.25) is 5.91 Å². The monoisotopic (exact) mass is 382 g/mol. The van der Waals surface area contributed by atoms with E-state index in [1.165, 1.54) is 0 Å². The van der Waals surface area contributed by atoms with Gasteiger partial charge in [0.25, 0.3) is 0 Å². The molecule has 28 heavy (non-hydrogen) atoms. The molecule has 1 aromatic heterocycles. The first-order valence-electron chi connectivity index (χ1n) is 10.5. The van der Waals surface area contributed by atoms with Crippen molar-refractivity contribution >= 4 is 11.7 Å². The Kier molecular flexibility index (Phi) is 6.11. The molecule has 0 N–H and O–H groups in total. The van der Waals surface area contributed by atoms with Gasteiger partial charge in [-0.15, -0.1) is 0 Å². The van der Waals surface area contributed by atoms with Gasteiger partial charge >= 0.3 is 0 Å². The number of benzene rings is 1. The molecule has 5 heteroatoms. The Labute approximate surface area is 169 Å². The van der Waals surface area contributed by atoms with Crippen LogP contribution in [-0.4, -0.2) is 40.7 Å². The summed E-state index contributed by atoms with van der Waals surface area (Å²) in [4.78, 5) is 17.2. The van der Waals surface area contributed by atoms with Gasteiger partial charge in [-0.2, -0.15) is 5.10 Å². The highest BCUT2D eigenvalue weighted by molar-refractivity contribution is 5.81. The number of carbonyl (C=O) groups is 1. The van der Waals surface area contributed by atoms with E-state index in [9.17, 15) is 4.79 Å². The van der Waals surface area contributed by atoms with Crippen molar-refractivity contribution in [1.82, 2.24) is 14.7 Å². The third-order valence-corrected chi connectivity index (χ3v) is 5.62. The number of hydrogen-bond acceptors (Lipinski definition) is 3. The Hall–Kier alpha value is -2.30. The molecule has 1 aliphatic rings. The van der Waals surface area contributed by atoms with Gasteiger partial charge in [-0.3, -0.25) is 4.79 Å². The van der Waals surface area contributed by atoms with E-state index < -0.39 is 0 Å². The van der Waals surface area contributed by atoms with E-state index in [2.05, 4.69) is 63.7 Å². The molecule has 1 aliphatic carbocycles. The molecule has 0 radical (unpaired) electrons. The molecule has 152 valence electrons. The second kappa shape index (κ2) is 8.38. The number of amides is 1. The second-order valence-corrected chi connectivity index (χ2v) is 8.48. The Balaban J connectivity index is 2.09. The van der Waals surface area contributed by atoms with Crippen LogP contribution in [0.3, 0.4) is 0 Å². The van der Waals surface area contributed by atoms with Crippen LogP contribution in [0.25, 0.3) is 5.69 Å². The number of carbonyl (C=O) groups excluding carboxylic acids is 1. The first-order chi connectivity index (χ1) is 13.3. The third kappa shape index (κ3) is 4.08. The number of anilines is 1. The minimum atomic E-state index is 0.225. The largest absolute Gasteiger partial charge is 0.362 e. The zero-order valence-corrected chi connectivity index (χ0v) is 18.1. The topological polar surface area (TPSA) is 41.4 Å². The van der Waals surface area contributed by atoms with E-state index in [0.29, 0.717) is 12.5 Å². The van der Waals surface area contributed by atoms with Crippen LogP contribution in [0.15, 0.2) is 30.3 Å². The van der Waals surface area contributed by atoms with Crippen molar-refractivity contribution in [3.05, 3.63) is 41.6 Å². The fourth-order valence-corrected chi connectivity index (χ4v) is 3.69. The van der Waals surface area contributed by atoms with Crippen LogP contribution in [0.4, 0.5) is 5.82 Å². The molecule has 1 aromatic carbocycles. The van der Waals surface area contributed by atoms with Crippen LogP contribution >= 0.6 is 0 Å². The van der Waals surface area contributed by atoms with E-state index in [4.69, 9.17) is 5.10 Å². The maximum Gasteiger partial charge on any atom is 0.226 e. The Morgan fingerprint density at radius 2 is 1.82 bits per heavy atom. The number of nitrogens with zero attached hydrogens (tertiary/aromatic N) is 4. The van der Waals surface area contributed by atoms with Crippen LogP contribution in [0.5, 0.6) is 0 Å². The maximum atomic E-state index is 13.0. The SMILES string of the molecule is CC[C@@H](C)N(Cc1c(C(C)C)nn(-c2ccccc2)c1N(C)C)C(=O)C1CC1. The first-order valence-corrected chi connectivity index (χ1v) is 10.5. The predicted molar refractivity (Wildman–Crippen MR) is 115 cm³/mol. The molecule has 0 saturated heterocycles. The fraction of sp³-hybridized carbons (Fsp3) is 0.565. The Morgan fingerprint density at radius 1 is 1.18 bits per heavy atom. The lowest BCUT2D eigenvalue weighted by Gasteiger charge is -2.30. The summed E-state index contributed by atoms with van der Waals surface area (Å²) in [7, 11) is 4.11. The Morgan fingerprint density at radius 3 is 2.32 bits per heavy atom. The molecule has 1 amide bonds. The van der Waals surface area contributed by atoms with Crippen molar-refractivity contribution in [2.45, 2.75) is 65.5 Å². The lowest BCUT2D eigenvalue weighted by atomic mass is 10.0. The van der Waals surface area contributed by atoms with E-state index in [0.717, 1.165) is 42.0 Å². The molecule has 2 aromatic rings. The summed E-state index contributed by atoms with van der Waals surface area (Å²) in [5.74, 6) is 1.88. The summed E-state index contributed by atoms with van der Waals surface area (Å²) in [6, 6.07) is 10.5. The van der Waals surface area contributed by atoms with Gasteiger partial charge in [-0.1, -0.05) is 39.0 Å². The van der Waals surface area contributed by atoms with Crippen molar-refractivity contribution in [2.24, 2.45) is 5.92 Å². The molecule has 0 aliphatic heterocycles. The molecule has 1 atom stereocenters. The van der Waals surface area contributed by atoms with E-state index in [1.807, 2.05) is 22.9 Å². The molecule has 0 unspecified atom stereocenters. The molecule has 5 nitrogen and oxygen atoms in total. The summed E-state index contributed by atoms with van der Waals surface area (Å²) in [5.41, 5.74) is 3.28. The van der Waals surface area contributed by atoms with Crippen LogP contribution in [0.1, 0.15) is 64.1 Å². The van der Waals surface area contributed by atoms with Crippen LogP contribution in [-0.2, 0) is 11.3 Å². The van der Waals surface area contributed by atoms with Crippen molar-refractivity contribution < 1.29 is 4.79 Å². The summed E-state index contributed by atoms with van der Waals surface area (Å²) >= 11 is 0. The summed E-state index contributed by atoms with van der Waals surface area (Å²) in [6.07, 6.45) is 3.03. The highest BCUT2D eigenvalue weighted by Crippen LogP contribution is 2.36. The molecule has 1 heterocycles. The number of para-hydroxylation sites is 1. The van der Waals surface area contributed by atoms with Gasteiger partial charge in [0.1, 0.15) is 5.82 Å². The van der Waals surface area contributed by atoms with Gasteiger partial charge in [-0.25, -0.2) is 4.68 Å². The van der Waals surface area contributed by atoms with Gasteiger partial charge < -0.3 is 9.80 Å². The molecule has 0 bridgehead atoms. The van der Waals surface area contributed by atoms with E-state index >= 15 is 0 Å². The Bertz CT molecular complexity index is 806. The smallest absolute Gasteiger partial charge is 0.226 e. The highest BCUT2D eigenvalue weighted by Gasteiger charge is 2.36. The summed E-state index contributed by atoms with van der Waals surface area (Å²) in [5, 5.41) is 5.00. The lowest BCUT2D eigenvalue weighted by Crippen LogP contribution is -2.39. The maximum absolute atomic E-state index is 13.0. The van der Waals surface area contributed by atoms with Crippen molar-refractivity contribution in [1.29, 1.82) is 0 Å². The van der Waals surface area contributed by atoms with Crippen LogP contribution < -0.4 is 4.90 Å². The molecule has 3 rings (SSSR count). The van der Waals surface area contributed by atoms with Crippen LogP contribution in [0.2, 0.25) is 0 Å². The van der Waals surface area contributed by atoms with Crippen molar-refractivity contribution in [3.8, 4) is 5.69 Å². The third-order valence-electron chi connectivity index (χ3n) is 5.62. The summed E-state index contributed by atoms with van der Waals surface area (Å²) in [6.45, 7) is 9.29. The van der Waals surface area contributed by atoms with Crippen molar-refractivity contribution in [2.75, 3.05) is 19.0 Å². The first kappa shape index (κ1) is 20.4.